The number of hydrogen-bond acceptors (Lipinski definition) is 3. The molecule has 1 aliphatic rings. The molecule has 2 aromatic rings. The summed E-state index contributed by atoms with van der Waals surface area (Å²) in [6, 6.07) is 12.4. The van der Waals surface area contributed by atoms with E-state index in [1.54, 1.807) is 14.2 Å². The molecule has 0 saturated carbocycles. The number of para-hydroxylation sites is 1. The number of rotatable bonds is 3. The van der Waals surface area contributed by atoms with Crippen molar-refractivity contribution in [3.05, 3.63) is 47.5 Å². The fourth-order valence-electron chi connectivity index (χ4n) is 3.06. The molecule has 1 heterocycles. The van der Waals surface area contributed by atoms with Gasteiger partial charge >= 0.3 is 0 Å². The highest BCUT2D eigenvalue weighted by molar-refractivity contribution is 5.80. The fourth-order valence-corrected chi connectivity index (χ4v) is 3.06. The second-order valence-electron chi connectivity index (χ2n) is 5.47. The predicted octanol–water partition coefficient (Wildman–Crippen LogP) is 3.36. The van der Waals surface area contributed by atoms with E-state index in [0.717, 1.165) is 36.6 Å². The number of hydrogen-bond donors (Lipinski definition) is 0. The van der Waals surface area contributed by atoms with Crippen LogP contribution in [-0.2, 0) is 13.0 Å². The largest absolute Gasteiger partial charge is 0.496 e. The van der Waals surface area contributed by atoms with Crippen LogP contribution in [-0.4, -0.2) is 32.7 Å². The van der Waals surface area contributed by atoms with Gasteiger partial charge < -0.3 is 14.4 Å². The van der Waals surface area contributed by atoms with E-state index < -0.39 is 0 Å². The highest BCUT2D eigenvalue weighted by Crippen LogP contribution is 2.41. The predicted molar refractivity (Wildman–Crippen MR) is 85.0 cm³/mol. The Morgan fingerprint density at radius 1 is 0.952 bits per heavy atom. The lowest BCUT2D eigenvalue weighted by Gasteiger charge is -2.28. The van der Waals surface area contributed by atoms with E-state index >= 15 is 0 Å². The Hall–Kier alpha value is -2.00. The van der Waals surface area contributed by atoms with E-state index in [4.69, 9.17) is 9.47 Å². The molecular weight excluding hydrogens is 262 g/mol. The Morgan fingerprint density at radius 3 is 2.48 bits per heavy atom. The zero-order valence-corrected chi connectivity index (χ0v) is 12.8. The topological polar surface area (TPSA) is 21.7 Å². The molecule has 0 amide bonds. The lowest BCUT2D eigenvalue weighted by atomic mass is 9.90. The van der Waals surface area contributed by atoms with Gasteiger partial charge in [0.25, 0.3) is 0 Å². The van der Waals surface area contributed by atoms with Crippen molar-refractivity contribution >= 4 is 0 Å². The molecule has 2 aromatic carbocycles. The van der Waals surface area contributed by atoms with E-state index in [2.05, 4.69) is 30.1 Å². The molecule has 0 bridgehead atoms. The molecule has 0 spiro atoms. The van der Waals surface area contributed by atoms with Crippen molar-refractivity contribution in [2.75, 3.05) is 27.8 Å². The Kier molecular flexibility index (Phi) is 3.84. The van der Waals surface area contributed by atoms with Crippen molar-refractivity contribution < 1.29 is 9.47 Å². The normalized spacial score (nSPS) is 14.6. The minimum absolute atomic E-state index is 0.887. The summed E-state index contributed by atoms with van der Waals surface area (Å²) in [5.41, 5.74) is 5.03. The summed E-state index contributed by atoms with van der Waals surface area (Å²) in [5, 5.41) is 0. The third kappa shape index (κ3) is 2.49. The summed E-state index contributed by atoms with van der Waals surface area (Å²) in [6.07, 6.45) is 1.08. The number of methoxy groups -OCH3 is 2. The second kappa shape index (κ2) is 5.78. The smallest absolute Gasteiger partial charge is 0.127 e. The summed E-state index contributed by atoms with van der Waals surface area (Å²) in [7, 11) is 5.61. The van der Waals surface area contributed by atoms with Crippen molar-refractivity contribution in [1.82, 2.24) is 4.90 Å². The van der Waals surface area contributed by atoms with Crippen LogP contribution in [0.3, 0.4) is 0 Å². The highest BCUT2D eigenvalue weighted by atomic mass is 16.5. The lowest BCUT2D eigenvalue weighted by Crippen LogP contribution is -2.27. The third-order valence-corrected chi connectivity index (χ3v) is 4.16. The van der Waals surface area contributed by atoms with Crippen molar-refractivity contribution in [2.45, 2.75) is 13.0 Å². The van der Waals surface area contributed by atoms with Crippen LogP contribution in [0.1, 0.15) is 11.1 Å². The SMILES string of the molecule is COc1ccccc1-c1c(OC)ccc2c1CN(C)CC2. The van der Waals surface area contributed by atoms with Gasteiger partial charge in [-0.25, -0.2) is 0 Å². The molecule has 110 valence electrons. The Morgan fingerprint density at radius 2 is 1.71 bits per heavy atom. The van der Waals surface area contributed by atoms with Crippen LogP contribution in [0.4, 0.5) is 0 Å². The first-order valence-corrected chi connectivity index (χ1v) is 7.25. The number of nitrogens with zero attached hydrogens (tertiary/aromatic N) is 1. The summed E-state index contributed by atoms with van der Waals surface area (Å²) < 4.78 is 11.2. The molecule has 3 rings (SSSR count). The average molecular weight is 283 g/mol. The van der Waals surface area contributed by atoms with Crippen LogP contribution in [0.2, 0.25) is 0 Å². The van der Waals surface area contributed by atoms with E-state index in [9.17, 15) is 0 Å². The molecule has 0 fully saturated rings. The maximum Gasteiger partial charge on any atom is 0.127 e. The third-order valence-electron chi connectivity index (χ3n) is 4.16. The van der Waals surface area contributed by atoms with Crippen LogP contribution in [0.5, 0.6) is 11.5 Å². The summed E-state index contributed by atoms with van der Waals surface area (Å²) in [4.78, 5) is 2.35. The highest BCUT2D eigenvalue weighted by Gasteiger charge is 2.22. The van der Waals surface area contributed by atoms with Gasteiger partial charge in [-0.1, -0.05) is 24.3 Å². The van der Waals surface area contributed by atoms with Crippen LogP contribution in [0, 0.1) is 0 Å². The van der Waals surface area contributed by atoms with E-state index in [1.165, 1.54) is 16.7 Å². The van der Waals surface area contributed by atoms with Gasteiger partial charge in [-0.2, -0.15) is 0 Å². The summed E-state index contributed by atoms with van der Waals surface area (Å²) in [5.74, 6) is 1.80. The molecule has 0 saturated heterocycles. The second-order valence-corrected chi connectivity index (χ2v) is 5.47. The van der Waals surface area contributed by atoms with Gasteiger partial charge in [-0.15, -0.1) is 0 Å². The molecule has 0 N–H and O–H groups in total. The first-order valence-electron chi connectivity index (χ1n) is 7.25. The van der Waals surface area contributed by atoms with E-state index in [-0.39, 0.29) is 0 Å². The van der Waals surface area contributed by atoms with Gasteiger partial charge in [-0.3, -0.25) is 0 Å². The van der Waals surface area contributed by atoms with Gasteiger partial charge in [0.05, 0.1) is 14.2 Å². The number of likely N-dealkylation sites (N-methyl/N-ethyl adjacent to an activating group) is 1. The van der Waals surface area contributed by atoms with Gasteiger partial charge in [-0.05, 0) is 36.7 Å². The molecule has 0 radical (unpaired) electrons. The molecule has 0 aliphatic carbocycles. The van der Waals surface area contributed by atoms with Gasteiger partial charge in [0, 0.05) is 24.2 Å². The quantitative estimate of drug-likeness (QED) is 0.862. The molecular formula is C18H21NO2. The summed E-state index contributed by atoms with van der Waals surface area (Å²) in [6.45, 7) is 2.05. The molecule has 21 heavy (non-hydrogen) atoms. The average Bonchev–Trinajstić information content (AvgIpc) is 2.53. The van der Waals surface area contributed by atoms with Crippen molar-refractivity contribution in [2.24, 2.45) is 0 Å². The first kappa shape index (κ1) is 14.0. The standard InChI is InChI=1S/C18H21NO2/c1-19-11-10-13-8-9-17(21-3)18(15(13)12-19)14-6-4-5-7-16(14)20-2/h4-9H,10-12H2,1-3H3. The molecule has 0 atom stereocenters. The molecule has 0 unspecified atom stereocenters. The van der Waals surface area contributed by atoms with Crippen LogP contribution < -0.4 is 9.47 Å². The van der Waals surface area contributed by atoms with Gasteiger partial charge in [0.15, 0.2) is 0 Å². The Bertz CT molecular complexity index is 652. The van der Waals surface area contributed by atoms with Crippen molar-refractivity contribution in [1.29, 1.82) is 0 Å². The minimum atomic E-state index is 0.887. The molecule has 3 nitrogen and oxygen atoms in total. The van der Waals surface area contributed by atoms with E-state index in [0.29, 0.717) is 0 Å². The lowest BCUT2D eigenvalue weighted by molar-refractivity contribution is 0.312. The van der Waals surface area contributed by atoms with Crippen molar-refractivity contribution in [3.8, 4) is 22.6 Å². The van der Waals surface area contributed by atoms with Crippen molar-refractivity contribution in [3.63, 3.8) is 0 Å². The van der Waals surface area contributed by atoms with Gasteiger partial charge in [0.1, 0.15) is 11.5 Å². The Balaban J connectivity index is 2.25. The molecule has 0 aromatic heterocycles. The molecule has 1 aliphatic heterocycles. The Labute approximate surface area is 126 Å². The van der Waals surface area contributed by atoms with Gasteiger partial charge in [0.2, 0.25) is 0 Å². The maximum absolute atomic E-state index is 5.63. The number of benzene rings is 2. The monoisotopic (exact) mass is 283 g/mol. The first-order chi connectivity index (χ1) is 10.2. The summed E-state index contributed by atoms with van der Waals surface area (Å²) >= 11 is 0. The van der Waals surface area contributed by atoms with E-state index in [1.807, 2.05) is 18.2 Å². The zero-order chi connectivity index (χ0) is 14.8. The number of ether oxygens (including phenoxy) is 2. The minimum Gasteiger partial charge on any atom is -0.496 e. The van der Waals surface area contributed by atoms with Crippen LogP contribution in [0.25, 0.3) is 11.1 Å². The number of fused-ring (bicyclic) bond motifs is 1. The van der Waals surface area contributed by atoms with Crippen LogP contribution >= 0.6 is 0 Å². The zero-order valence-electron chi connectivity index (χ0n) is 12.8. The molecule has 3 heteroatoms. The maximum atomic E-state index is 5.63. The van der Waals surface area contributed by atoms with Crippen LogP contribution in [0.15, 0.2) is 36.4 Å². The fraction of sp³-hybridized carbons (Fsp3) is 0.333.